The molecule has 1 fully saturated rings. The normalized spacial score (nSPS) is 13.8. The number of aryl methyl sites for hydroxylation is 1. The summed E-state index contributed by atoms with van der Waals surface area (Å²) in [6, 6.07) is 9.00. The van der Waals surface area contributed by atoms with Crippen LogP contribution in [0.2, 0.25) is 0 Å². The molecule has 1 aromatic heterocycles. The summed E-state index contributed by atoms with van der Waals surface area (Å²) in [5.41, 5.74) is 6.44. The van der Waals surface area contributed by atoms with Gasteiger partial charge in [-0.15, -0.1) is 0 Å². The summed E-state index contributed by atoms with van der Waals surface area (Å²) >= 11 is 0. The lowest BCUT2D eigenvalue weighted by Crippen LogP contribution is -2.01. The zero-order valence-corrected chi connectivity index (χ0v) is 13.1. The van der Waals surface area contributed by atoms with E-state index in [4.69, 9.17) is 0 Å². The van der Waals surface area contributed by atoms with Gasteiger partial charge in [-0.1, -0.05) is 36.8 Å². The van der Waals surface area contributed by atoms with Gasteiger partial charge < -0.3 is 0 Å². The van der Waals surface area contributed by atoms with E-state index in [2.05, 4.69) is 24.1 Å². The molecule has 1 aliphatic rings. The van der Waals surface area contributed by atoms with Gasteiger partial charge in [-0.2, -0.15) is 0 Å². The highest BCUT2D eigenvalue weighted by Gasteiger charge is 2.09. The molecular formula is C20H22FN. The number of aromatic nitrogens is 1. The average Bonchev–Trinajstić information content (AvgIpc) is 2.48. The van der Waals surface area contributed by atoms with Crippen LogP contribution < -0.4 is 0 Å². The lowest BCUT2D eigenvalue weighted by molar-refractivity contribution is 0.627. The predicted octanol–water partition coefficient (Wildman–Crippen LogP) is 5.03. The minimum atomic E-state index is -0.184. The van der Waals surface area contributed by atoms with Crippen molar-refractivity contribution in [2.24, 2.45) is 0 Å². The van der Waals surface area contributed by atoms with Crippen molar-refractivity contribution in [3.8, 4) is 0 Å². The molecule has 0 amide bonds. The monoisotopic (exact) mass is 295 g/mol. The van der Waals surface area contributed by atoms with Crippen LogP contribution in [0.15, 0.2) is 48.2 Å². The molecule has 0 unspecified atom stereocenters. The first kappa shape index (κ1) is 15.0. The van der Waals surface area contributed by atoms with Gasteiger partial charge in [-0.25, -0.2) is 4.39 Å². The van der Waals surface area contributed by atoms with Gasteiger partial charge in [0, 0.05) is 11.9 Å². The molecular weight excluding hydrogens is 273 g/mol. The van der Waals surface area contributed by atoms with E-state index in [0.29, 0.717) is 0 Å². The highest BCUT2D eigenvalue weighted by atomic mass is 19.1. The highest BCUT2D eigenvalue weighted by molar-refractivity contribution is 5.32. The molecule has 1 nitrogen and oxygen atoms in total. The first-order chi connectivity index (χ1) is 10.7. The summed E-state index contributed by atoms with van der Waals surface area (Å²) in [5, 5.41) is 0. The van der Waals surface area contributed by atoms with Crippen LogP contribution in [0.1, 0.15) is 48.6 Å². The van der Waals surface area contributed by atoms with Crippen LogP contribution in [-0.2, 0) is 19.3 Å². The number of allylic oxidation sites excluding steroid dienone is 2. The topological polar surface area (TPSA) is 12.9 Å². The van der Waals surface area contributed by atoms with Crippen molar-refractivity contribution in [2.75, 3.05) is 0 Å². The van der Waals surface area contributed by atoms with Crippen molar-refractivity contribution in [3.63, 3.8) is 0 Å². The lowest BCUT2D eigenvalue weighted by atomic mass is 9.90. The number of halogens is 1. The summed E-state index contributed by atoms with van der Waals surface area (Å²) in [4.78, 5) is 4.63. The second kappa shape index (κ2) is 6.87. The third-order valence-corrected chi connectivity index (χ3v) is 4.38. The molecule has 22 heavy (non-hydrogen) atoms. The van der Waals surface area contributed by atoms with Crippen molar-refractivity contribution in [1.82, 2.24) is 4.98 Å². The molecule has 0 aliphatic heterocycles. The maximum Gasteiger partial charge on any atom is 0.123 e. The highest BCUT2D eigenvalue weighted by Crippen LogP contribution is 2.26. The summed E-state index contributed by atoms with van der Waals surface area (Å²) in [5.74, 6) is -0.184. The van der Waals surface area contributed by atoms with Crippen LogP contribution in [0, 0.1) is 5.82 Å². The van der Waals surface area contributed by atoms with Gasteiger partial charge in [0.2, 0.25) is 0 Å². The van der Waals surface area contributed by atoms with Crippen molar-refractivity contribution >= 4 is 0 Å². The Labute approximate surface area is 131 Å². The largest absolute Gasteiger partial charge is 0.261 e. The minimum absolute atomic E-state index is 0.184. The van der Waals surface area contributed by atoms with Gasteiger partial charge in [-0.3, -0.25) is 4.98 Å². The number of pyridine rings is 1. The minimum Gasteiger partial charge on any atom is -0.261 e. The molecule has 3 rings (SSSR count). The zero-order valence-electron chi connectivity index (χ0n) is 13.1. The Morgan fingerprint density at radius 2 is 1.91 bits per heavy atom. The Morgan fingerprint density at radius 1 is 1.14 bits per heavy atom. The Kier molecular flexibility index (Phi) is 4.67. The molecule has 1 saturated carbocycles. The van der Waals surface area contributed by atoms with Crippen LogP contribution in [0.5, 0.6) is 0 Å². The molecule has 1 aromatic carbocycles. The molecule has 2 aromatic rings. The first-order valence-electron chi connectivity index (χ1n) is 8.13. The fourth-order valence-electron chi connectivity index (χ4n) is 2.86. The number of nitrogens with zero attached hydrogens (tertiary/aromatic N) is 1. The van der Waals surface area contributed by atoms with Gasteiger partial charge >= 0.3 is 0 Å². The molecule has 0 saturated heterocycles. The van der Waals surface area contributed by atoms with Gasteiger partial charge in [0.15, 0.2) is 0 Å². The standard InChI is InChI=1S/C20H22FN/c1-2-20-18(9-6-15-4-3-5-15)13-17(14-22-20)12-16-7-10-19(21)11-8-16/h6-8,10-11,13-14H,2-5,9,12H2,1H3. The number of hydrogen-bond donors (Lipinski definition) is 0. The van der Waals surface area contributed by atoms with Crippen molar-refractivity contribution in [3.05, 3.63) is 76.4 Å². The molecule has 114 valence electrons. The van der Waals surface area contributed by atoms with E-state index in [1.54, 1.807) is 5.57 Å². The average molecular weight is 295 g/mol. The van der Waals surface area contributed by atoms with Gasteiger partial charge in [-0.05, 0) is 67.3 Å². The SMILES string of the molecule is CCc1ncc(Cc2ccc(F)cc2)cc1CC=C1CCC1. The Balaban J connectivity index is 1.78. The Morgan fingerprint density at radius 3 is 2.55 bits per heavy atom. The van der Waals surface area contributed by atoms with E-state index in [1.807, 2.05) is 18.3 Å². The van der Waals surface area contributed by atoms with E-state index in [9.17, 15) is 4.39 Å². The fourth-order valence-corrected chi connectivity index (χ4v) is 2.86. The Hall–Kier alpha value is -1.96. The van der Waals surface area contributed by atoms with Gasteiger partial charge in [0.05, 0.1) is 0 Å². The first-order valence-corrected chi connectivity index (χ1v) is 8.13. The van der Waals surface area contributed by atoms with E-state index >= 15 is 0 Å². The molecule has 0 atom stereocenters. The van der Waals surface area contributed by atoms with Crippen LogP contribution in [0.25, 0.3) is 0 Å². The van der Waals surface area contributed by atoms with Gasteiger partial charge in [0.25, 0.3) is 0 Å². The van der Waals surface area contributed by atoms with E-state index in [0.717, 1.165) is 24.8 Å². The maximum atomic E-state index is 13.0. The van der Waals surface area contributed by atoms with E-state index < -0.39 is 0 Å². The van der Waals surface area contributed by atoms with Crippen LogP contribution in [0.3, 0.4) is 0 Å². The summed E-state index contributed by atoms with van der Waals surface area (Å²) in [6.45, 7) is 2.15. The van der Waals surface area contributed by atoms with E-state index in [1.165, 1.54) is 48.2 Å². The molecule has 1 heterocycles. The molecule has 0 radical (unpaired) electrons. The van der Waals surface area contributed by atoms with Crippen molar-refractivity contribution in [1.29, 1.82) is 0 Å². The second-order valence-corrected chi connectivity index (χ2v) is 6.03. The molecule has 0 spiro atoms. The smallest absolute Gasteiger partial charge is 0.123 e. The van der Waals surface area contributed by atoms with E-state index in [-0.39, 0.29) is 5.82 Å². The maximum absolute atomic E-state index is 13.0. The van der Waals surface area contributed by atoms with Crippen molar-refractivity contribution < 1.29 is 4.39 Å². The quantitative estimate of drug-likeness (QED) is 0.705. The molecule has 2 heteroatoms. The summed E-state index contributed by atoms with van der Waals surface area (Å²) in [7, 11) is 0. The third-order valence-electron chi connectivity index (χ3n) is 4.38. The number of benzene rings is 1. The molecule has 0 N–H and O–H groups in total. The zero-order chi connectivity index (χ0) is 15.4. The fraction of sp³-hybridized carbons (Fsp3) is 0.350. The van der Waals surface area contributed by atoms with Crippen LogP contribution in [-0.4, -0.2) is 4.98 Å². The number of rotatable bonds is 5. The Bertz CT molecular complexity index is 665. The lowest BCUT2D eigenvalue weighted by Gasteiger charge is -2.16. The predicted molar refractivity (Wildman–Crippen MR) is 88.5 cm³/mol. The third kappa shape index (κ3) is 3.62. The summed E-state index contributed by atoms with van der Waals surface area (Å²) in [6.07, 6.45) is 11.0. The number of hydrogen-bond acceptors (Lipinski definition) is 1. The van der Waals surface area contributed by atoms with Crippen molar-refractivity contribution in [2.45, 2.75) is 45.4 Å². The molecule has 0 bridgehead atoms. The van der Waals surface area contributed by atoms with Gasteiger partial charge in [0.1, 0.15) is 5.82 Å². The van der Waals surface area contributed by atoms with Crippen LogP contribution in [0.4, 0.5) is 4.39 Å². The van der Waals surface area contributed by atoms with Crippen LogP contribution >= 0.6 is 0 Å². The molecule has 1 aliphatic carbocycles. The second-order valence-electron chi connectivity index (χ2n) is 6.03. The summed E-state index contributed by atoms with van der Waals surface area (Å²) < 4.78 is 13.0.